The summed E-state index contributed by atoms with van der Waals surface area (Å²) in [5, 5.41) is 3.80. The van der Waals surface area contributed by atoms with Crippen molar-refractivity contribution in [2.24, 2.45) is 0 Å². The van der Waals surface area contributed by atoms with Crippen LogP contribution in [0.4, 0.5) is 0 Å². The Kier molecular flexibility index (Phi) is 5.72. The van der Waals surface area contributed by atoms with Crippen LogP contribution in [0.3, 0.4) is 0 Å². The highest BCUT2D eigenvalue weighted by Crippen LogP contribution is 2.42. The minimum atomic E-state index is -0.476. The summed E-state index contributed by atoms with van der Waals surface area (Å²) in [6, 6.07) is 13.3. The molecule has 0 saturated heterocycles. The number of benzene rings is 2. The van der Waals surface area contributed by atoms with Crippen molar-refractivity contribution in [1.29, 1.82) is 0 Å². The molecule has 0 aromatic heterocycles. The second-order valence-electron chi connectivity index (χ2n) is 6.63. The molecule has 0 bridgehead atoms. The third-order valence-corrected chi connectivity index (χ3v) is 5.46. The SMILES string of the molecule is COc1cccc(CNC(=O)C2(c3ccc(Cl)cc3)CCCC2)c1OC. The van der Waals surface area contributed by atoms with Gasteiger partial charge in [0, 0.05) is 17.1 Å². The van der Waals surface area contributed by atoms with E-state index in [4.69, 9.17) is 21.1 Å². The molecule has 0 radical (unpaired) electrons. The van der Waals surface area contributed by atoms with Crippen molar-refractivity contribution in [3.63, 3.8) is 0 Å². The van der Waals surface area contributed by atoms with Crippen LogP contribution < -0.4 is 14.8 Å². The standard InChI is InChI=1S/C21H24ClNO3/c1-25-18-7-5-6-15(19(18)26-2)14-23-20(24)21(12-3-4-13-21)16-8-10-17(22)11-9-16/h5-11H,3-4,12-14H2,1-2H3,(H,23,24). The number of hydrogen-bond donors (Lipinski definition) is 1. The fourth-order valence-electron chi connectivity index (χ4n) is 3.83. The first-order chi connectivity index (χ1) is 12.6. The molecule has 0 heterocycles. The number of nitrogens with one attached hydrogen (secondary N) is 1. The molecule has 1 N–H and O–H groups in total. The molecule has 5 heteroatoms. The Balaban J connectivity index is 1.81. The second kappa shape index (κ2) is 8.00. The van der Waals surface area contributed by atoms with Crippen LogP contribution in [-0.4, -0.2) is 20.1 Å². The molecule has 1 aliphatic carbocycles. The monoisotopic (exact) mass is 373 g/mol. The molecule has 4 nitrogen and oxygen atoms in total. The van der Waals surface area contributed by atoms with Crippen LogP contribution in [-0.2, 0) is 16.8 Å². The van der Waals surface area contributed by atoms with Crippen LogP contribution in [0.5, 0.6) is 11.5 Å². The summed E-state index contributed by atoms with van der Waals surface area (Å²) in [6.07, 6.45) is 3.82. The van der Waals surface area contributed by atoms with E-state index in [1.54, 1.807) is 14.2 Å². The Morgan fingerprint density at radius 1 is 1.08 bits per heavy atom. The van der Waals surface area contributed by atoms with Crippen LogP contribution in [0.15, 0.2) is 42.5 Å². The lowest BCUT2D eigenvalue weighted by atomic mass is 9.78. The first-order valence-corrected chi connectivity index (χ1v) is 9.23. The van der Waals surface area contributed by atoms with Gasteiger partial charge >= 0.3 is 0 Å². The summed E-state index contributed by atoms with van der Waals surface area (Å²) in [7, 11) is 3.21. The highest BCUT2D eigenvalue weighted by atomic mass is 35.5. The van der Waals surface area contributed by atoms with Gasteiger partial charge in [-0.05, 0) is 36.6 Å². The molecule has 0 atom stereocenters. The number of halogens is 1. The number of rotatable bonds is 6. The number of methoxy groups -OCH3 is 2. The Bertz CT molecular complexity index is 767. The van der Waals surface area contributed by atoms with E-state index >= 15 is 0 Å². The van der Waals surface area contributed by atoms with Gasteiger partial charge in [0.15, 0.2) is 11.5 Å². The average molecular weight is 374 g/mol. The lowest BCUT2D eigenvalue weighted by Gasteiger charge is -2.28. The zero-order valence-electron chi connectivity index (χ0n) is 15.2. The van der Waals surface area contributed by atoms with E-state index in [-0.39, 0.29) is 5.91 Å². The van der Waals surface area contributed by atoms with Crippen molar-refractivity contribution in [1.82, 2.24) is 5.32 Å². The van der Waals surface area contributed by atoms with Gasteiger partial charge in [-0.2, -0.15) is 0 Å². The van der Waals surface area contributed by atoms with Gasteiger partial charge in [0.05, 0.1) is 19.6 Å². The maximum absolute atomic E-state index is 13.2. The molecule has 0 unspecified atom stereocenters. The quantitative estimate of drug-likeness (QED) is 0.811. The highest BCUT2D eigenvalue weighted by Gasteiger charge is 2.42. The zero-order valence-corrected chi connectivity index (χ0v) is 15.9. The van der Waals surface area contributed by atoms with Gasteiger partial charge in [-0.25, -0.2) is 0 Å². The van der Waals surface area contributed by atoms with E-state index in [1.165, 1.54) is 0 Å². The summed E-state index contributed by atoms with van der Waals surface area (Å²) in [6.45, 7) is 0.397. The van der Waals surface area contributed by atoms with E-state index in [0.717, 1.165) is 36.8 Å². The van der Waals surface area contributed by atoms with E-state index in [2.05, 4.69) is 5.32 Å². The number of hydrogen-bond acceptors (Lipinski definition) is 3. The second-order valence-corrected chi connectivity index (χ2v) is 7.07. The van der Waals surface area contributed by atoms with Gasteiger partial charge in [0.1, 0.15) is 0 Å². The fraction of sp³-hybridized carbons (Fsp3) is 0.381. The van der Waals surface area contributed by atoms with Crippen LogP contribution >= 0.6 is 11.6 Å². The summed E-state index contributed by atoms with van der Waals surface area (Å²) >= 11 is 6.02. The van der Waals surface area contributed by atoms with E-state index < -0.39 is 5.41 Å². The molecule has 1 fully saturated rings. The molecule has 26 heavy (non-hydrogen) atoms. The van der Waals surface area contributed by atoms with E-state index in [0.29, 0.717) is 23.1 Å². The largest absolute Gasteiger partial charge is 0.493 e. The Hall–Kier alpha value is -2.20. The van der Waals surface area contributed by atoms with Crippen molar-refractivity contribution in [3.05, 3.63) is 58.6 Å². The van der Waals surface area contributed by atoms with Crippen molar-refractivity contribution >= 4 is 17.5 Å². The van der Waals surface area contributed by atoms with Crippen LogP contribution in [0, 0.1) is 0 Å². The fourth-order valence-corrected chi connectivity index (χ4v) is 3.96. The molecule has 2 aromatic rings. The predicted octanol–water partition coefficient (Wildman–Crippen LogP) is 4.49. The van der Waals surface area contributed by atoms with Gasteiger partial charge in [0.2, 0.25) is 5.91 Å². The molecule has 0 spiro atoms. The molecule has 3 rings (SSSR count). The minimum Gasteiger partial charge on any atom is -0.493 e. The van der Waals surface area contributed by atoms with E-state index in [1.807, 2.05) is 42.5 Å². The topological polar surface area (TPSA) is 47.6 Å². The summed E-state index contributed by atoms with van der Waals surface area (Å²) in [5.74, 6) is 1.37. The molecular formula is C21H24ClNO3. The molecule has 1 saturated carbocycles. The van der Waals surface area contributed by atoms with Gasteiger partial charge in [-0.3, -0.25) is 4.79 Å². The summed E-state index contributed by atoms with van der Waals surface area (Å²) in [5.41, 5.74) is 1.45. The average Bonchev–Trinajstić information content (AvgIpc) is 3.17. The van der Waals surface area contributed by atoms with Crippen molar-refractivity contribution in [2.45, 2.75) is 37.6 Å². The Morgan fingerprint density at radius 2 is 1.77 bits per heavy atom. The lowest BCUT2D eigenvalue weighted by Crippen LogP contribution is -2.42. The maximum atomic E-state index is 13.2. The zero-order chi connectivity index (χ0) is 18.6. The van der Waals surface area contributed by atoms with Gasteiger partial charge in [-0.1, -0.05) is 48.7 Å². The molecule has 2 aromatic carbocycles. The molecular weight excluding hydrogens is 350 g/mol. The number of ether oxygens (including phenoxy) is 2. The van der Waals surface area contributed by atoms with Crippen LogP contribution in [0.25, 0.3) is 0 Å². The predicted molar refractivity (Wildman–Crippen MR) is 103 cm³/mol. The molecule has 0 aliphatic heterocycles. The van der Waals surface area contributed by atoms with Crippen LogP contribution in [0.1, 0.15) is 36.8 Å². The van der Waals surface area contributed by atoms with Crippen molar-refractivity contribution in [2.75, 3.05) is 14.2 Å². The van der Waals surface area contributed by atoms with Gasteiger partial charge in [0.25, 0.3) is 0 Å². The minimum absolute atomic E-state index is 0.0576. The summed E-state index contributed by atoms with van der Waals surface area (Å²) in [4.78, 5) is 13.2. The smallest absolute Gasteiger partial charge is 0.230 e. The van der Waals surface area contributed by atoms with Crippen LogP contribution in [0.2, 0.25) is 5.02 Å². The first kappa shape index (κ1) is 18.6. The maximum Gasteiger partial charge on any atom is 0.230 e. The molecule has 138 valence electrons. The number of carbonyl (C=O) groups excluding carboxylic acids is 1. The van der Waals surface area contributed by atoms with Crippen molar-refractivity contribution in [3.8, 4) is 11.5 Å². The number of amides is 1. The third-order valence-electron chi connectivity index (χ3n) is 5.21. The van der Waals surface area contributed by atoms with Gasteiger partial charge < -0.3 is 14.8 Å². The Morgan fingerprint density at radius 3 is 2.38 bits per heavy atom. The first-order valence-electron chi connectivity index (χ1n) is 8.85. The number of carbonyl (C=O) groups is 1. The van der Waals surface area contributed by atoms with E-state index in [9.17, 15) is 4.79 Å². The third kappa shape index (κ3) is 3.51. The lowest BCUT2D eigenvalue weighted by molar-refractivity contribution is -0.126. The Labute approximate surface area is 159 Å². The van der Waals surface area contributed by atoms with Gasteiger partial charge in [-0.15, -0.1) is 0 Å². The summed E-state index contributed by atoms with van der Waals surface area (Å²) < 4.78 is 10.8. The molecule has 1 amide bonds. The molecule has 1 aliphatic rings. The normalized spacial score (nSPS) is 15.5. The highest BCUT2D eigenvalue weighted by molar-refractivity contribution is 6.30. The van der Waals surface area contributed by atoms with Crippen molar-refractivity contribution < 1.29 is 14.3 Å². The number of para-hydroxylation sites is 1.